The van der Waals surface area contributed by atoms with Crippen LogP contribution in [0, 0.1) is 5.92 Å². The normalized spacial score (nSPS) is 13.8. The van der Waals surface area contributed by atoms with Crippen molar-refractivity contribution in [2.75, 3.05) is 11.9 Å². The van der Waals surface area contributed by atoms with Gasteiger partial charge >= 0.3 is 0 Å². The molecule has 22 heavy (non-hydrogen) atoms. The number of rotatable bonds is 3. The Morgan fingerprint density at radius 3 is 2.82 bits per heavy atom. The SMILES string of the molecule is CC(C)C(=O)Nc1cccc(-c2cccc3c2CCNC3)c1. The molecular formula is C19H22N2O. The Morgan fingerprint density at radius 2 is 2.00 bits per heavy atom. The van der Waals surface area contributed by atoms with E-state index in [4.69, 9.17) is 0 Å². The van der Waals surface area contributed by atoms with Crippen molar-refractivity contribution in [3.8, 4) is 11.1 Å². The van der Waals surface area contributed by atoms with Crippen LogP contribution in [0.3, 0.4) is 0 Å². The number of carbonyl (C=O) groups excluding carboxylic acids is 1. The fourth-order valence-electron chi connectivity index (χ4n) is 2.85. The van der Waals surface area contributed by atoms with Crippen LogP contribution in [0.2, 0.25) is 0 Å². The number of amides is 1. The van der Waals surface area contributed by atoms with E-state index in [1.165, 1.54) is 22.3 Å². The summed E-state index contributed by atoms with van der Waals surface area (Å²) >= 11 is 0. The van der Waals surface area contributed by atoms with Gasteiger partial charge in [0.15, 0.2) is 0 Å². The molecule has 0 radical (unpaired) electrons. The smallest absolute Gasteiger partial charge is 0.226 e. The van der Waals surface area contributed by atoms with E-state index in [2.05, 4.69) is 41.0 Å². The van der Waals surface area contributed by atoms with E-state index in [1.54, 1.807) is 0 Å². The lowest BCUT2D eigenvalue weighted by Crippen LogP contribution is -2.24. The molecule has 0 aliphatic carbocycles. The van der Waals surface area contributed by atoms with Gasteiger partial charge in [-0.15, -0.1) is 0 Å². The lowest BCUT2D eigenvalue weighted by atomic mass is 9.91. The molecule has 1 amide bonds. The molecule has 0 unspecified atom stereocenters. The minimum absolute atomic E-state index is 0.0146. The Balaban J connectivity index is 1.94. The van der Waals surface area contributed by atoms with E-state index in [1.807, 2.05) is 26.0 Å². The predicted octanol–water partition coefficient (Wildman–Crippen LogP) is 3.59. The molecule has 2 aromatic rings. The van der Waals surface area contributed by atoms with Crippen LogP contribution in [0.5, 0.6) is 0 Å². The number of anilines is 1. The molecule has 2 N–H and O–H groups in total. The maximum atomic E-state index is 11.9. The van der Waals surface area contributed by atoms with Gasteiger partial charge in [0.05, 0.1) is 0 Å². The third kappa shape index (κ3) is 3.04. The van der Waals surface area contributed by atoms with Gasteiger partial charge < -0.3 is 10.6 Å². The molecule has 1 aliphatic rings. The molecule has 3 nitrogen and oxygen atoms in total. The highest BCUT2D eigenvalue weighted by Crippen LogP contribution is 2.30. The van der Waals surface area contributed by atoms with E-state index >= 15 is 0 Å². The molecule has 0 fully saturated rings. The quantitative estimate of drug-likeness (QED) is 0.908. The maximum absolute atomic E-state index is 11.9. The molecule has 0 bridgehead atoms. The van der Waals surface area contributed by atoms with Crippen molar-refractivity contribution in [2.45, 2.75) is 26.8 Å². The van der Waals surface area contributed by atoms with Gasteiger partial charge in [-0.05, 0) is 47.4 Å². The molecule has 1 aliphatic heterocycles. The molecule has 1 heterocycles. The molecule has 0 saturated heterocycles. The lowest BCUT2D eigenvalue weighted by Gasteiger charge is -2.20. The van der Waals surface area contributed by atoms with E-state index in [9.17, 15) is 4.79 Å². The zero-order valence-electron chi connectivity index (χ0n) is 13.1. The summed E-state index contributed by atoms with van der Waals surface area (Å²) in [6, 6.07) is 14.6. The van der Waals surface area contributed by atoms with Gasteiger partial charge in [0.25, 0.3) is 0 Å². The van der Waals surface area contributed by atoms with Crippen molar-refractivity contribution in [1.29, 1.82) is 0 Å². The van der Waals surface area contributed by atoms with Crippen LogP contribution in [0.1, 0.15) is 25.0 Å². The van der Waals surface area contributed by atoms with E-state index in [0.29, 0.717) is 0 Å². The van der Waals surface area contributed by atoms with Gasteiger partial charge in [-0.25, -0.2) is 0 Å². The Bertz CT molecular complexity index is 692. The zero-order chi connectivity index (χ0) is 15.5. The summed E-state index contributed by atoms with van der Waals surface area (Å²) in [6.45, 7) is 5.76. The average Bonchev–Trinajstić information content (AvgIpc) is 2.54. The first kappa shape index (κ1) is 14.8. The number of nitrogens with one attached hydrogen (secondary N) is 2. The number of hydrogen-bond acceptors (Lipinski definition) is 2. The Kier molecular flexibility index (Phi) is 4.25. The van der Waals surface area contributed by atoms with Crippen LogP contribution < -0.4 is 10.6 Å². The van der Waals surface area contributed by atoms with Gasteiger partial charge in [0, 0.05) is 18.2 Å². The van der Waals surface area contributed by atoms with E-state index < -0.39 is 0 Å². The summed E-state index contributed by atoms with van der Waals surface area (Å²) in [5, 5.41) is 6.39. The highest BCUT2D eigenvalue weighted by Gasteiger charge is 2.14. The van der Waals surface area contributed by atoms with Crippen LogP contribution >= 0.6 is 0 Å². The predicted molar refractivity (Wildman–Crippen MR) is 90.8 cm³/mol. The van der Waals surface area contributed by atoms with Crippen LogP contribution in [0.15, 0.2) is 42.5 Å². The largest absolute Gasteiger partial charge is 0.326 e. The first-order chi connectivity index (χ1) is 10.6. The Hall–Kier alpha value is -2.13. The van der Waals surface area contributed by atoms with E-state index in [0.717, 1.165) is 25.2 Å². The molecule has 0 atom stereocenters. The fourth-order valence-corrected chi connectivity index (χ4v) is 2.85. The van der Waals surface area contributed by atoms with Crippen molar-refractivity contribution in [1.82, 2.24) is 5.32 Å². The average molecular weight is 294 g/mol. The second-order valence-corrected chi connectivity index (χ2v) is 6.09. The topological polar surface area (TPSA) is 41.1 Å². The van der Waals surface area contributed by atoms with Gasteiger partial charge in [-0.3, -0.25) is 4.79 Å². The van der Waals surface area contributed by atoms with Gasteiger partial charge in [-0.1, -0.05) is 44.2 Å². The molecule has 3 rings (SSSR count). The lowest BCUT2D eigenvalue weighted by molar-refractivity contribution is -0.118. The van der Waals surface area contributed by atoms with Crippen molar-refractivity contribution in [2.24, 2.45) is 5.92 Å². The number of hydrogen-bond donors (Lipinski definition) is 2. The van der Waals surface area contributed by atoms with Crippen molar-refractivity contribution < 1.29 is 4.79 Å². The van der Waals surface area contributed by atoms with Gasteiger partial charge in [0.2, 0.25) is 5.91 Å². The van der Waals surface area contributed by atoms with Crippen molar-refractivity contribution in [3.63, 3.8) is 0 Å². The number of carbonyl (C=O) groups is 1. The molecule has 2 aromatic carbocycles. The second kappa shape index (κ2) is 6.32. The summed E-state index contributed by atoms with van der Waals surface area (Å²) in [5.41, 5.74) is 6.11. The molecule has 0 saturated carbocycles. The summed E-state index contributed by atoms with van der Waals surface area (Å²) in [5.74, 6) is 0.0376. The molecule has 0 aromatic heterocycles. The first-order valence-corrected chi connectivity index (χ1v) is 7.88. The van der Waals surface area contributed by atoms with Crippen LogP contribution in [0.25, 0.3) is 11.1 Å². The summed E-state index contributed by atoms with van der Waals surface area (Å²) in [6.07, 6.45) is 1.05. The molecular weight excluding hydrogens is 272 g/mol. The second-order valence-electron chi connectivity index (χ2n) is 6.09. The maximum Gasteiger partial charge on any atom is 0.226 e. The van der Waals surface area contributed by atoms with Crippen molar-refractivity contribution in [3.05, 3.63) is 53.6 Å². The zero-order valence-corrected chi connectivity index (χ0v) is 13.1. The summed E-state index contributed by atoms with van der Waals surface area (Å²) < 4.78 is 0. The summed E-state index contributed by atoms with van der Waals surface area (Å²) in [4.78, 5) is 11.9. The van der Waals surface area contributed by atoms with Crippen LogP contribution in [-0.4, -0.2) is 12.5 Å². The fraction of sp³-hybridized carbons (Fsp3) is 0.316. The molecule has 3 heteroatoms. The standard InChI is InChI=1S/C19H22N2O/c1-13(2)19(22)21-16-7-3-5-14(11-16)17-8-4-6-15-12-20-10-9-18(15)17/h3-8,11,13,20H,9-10,12H2,1-2H3,(H,21,22). The third-order valence-electron chi connectivity index (χ3n) is 4.11. The summed E-state index contributed by atoms with van der Waals surface area (Å²) in [7, 11) is 0. The Morgan fingerprint density at radius 1 is 1.18 bits per heavy atom. The minimum Gasteiger partial charge on any atom is -0.326 e. The molecule has 0 spiro atoms. The number of benzene rings is 2. The third-order valence-corrected chi connectivity index (χ3v) is 4.11. The highest BCUT2D eigenvalue weighted by atomic mass is 16.1. The van der Waals surface area contributed by atoms with Crippen molar-refractivity contribution >= 4 is 11.6 Å². The van der Waals surface area contributed by atoms with E-state index in [-0.39, 0.29) is 11.8 Å². The highest BCUT2D eigenvalue weighted by molar-refractivity contribution is 5.92. The Labute approximate surface area is 131 Å². The van der Waals surface area contributed by atoms with Gasteiger partial charge in [-0.2, -0.15) is 0 Å². The minimum atomic E-state index is -0.0146. The monoisotopic (exact) mass is 294 g/mol. The number of fused-ring (bicyclic) bond motifs is 1. The van der Waals surface area contributed by atoms with Crippen LogP contribution in [-0.2, 0) is 17.8 Å². The van der Waals surface area contributed by atoms with Gasteiger partial charge in [0.1, 0.15) is 0 Å². The first-order valence-electron chi connectivity index (χ1n) is 7.88. The molecule has 114 valence electrons. The van der Waals surface area contributed by atoms with Crippen LogP contribution in [0.4, 0.5) is 5.69 Å².